The number of carbonyl (C=O) groups is 1. The van der Waals surface area contributed by atoms with Gasteiger partial charge in [0, 0.05) is 20.1 Å². The van der Waals surface area contributed by atoms with E-state index in [2.05, 4.69) is 10.3 Å². The van der Waals surface area contributed by atoms with Crippen molar-refractivity contribution in [1.29, 1.82) is 0 Å². The Morgan fingerprint density at radius 3 is 2.80 bits per heavy atom. The minimum Gasteiger partial charge on any atom is -0.383 e. The maximum atomic E-state index is 11.2. The van der Waals surface area contributed by atoms with E-state index in [9.17, 15) is 4.79 Å². The molecule has 0 aliphatic rings. The lowest BCUT2D eigenvalue weighted by atomic mass is 10.3. The topological polar surface area (TPSA) is 51.2 Å². The van der Waals surface area contributed by atoms with Gasteiger partial charge in [-0.15, -0.1) is 0 Å². The predicted molar refractivity (Wildman–Crippen MR) is 61.8 cm³/mol. The first-order valence-corrected chi connectivity index (χ1v) is 5.60. The molecule has 4 nitrogen and oxygen atoms in total. The number of ketones is 1. The molecule has 1 atom stereocenters. The molecular weight excluding hydrogens is 212 g/mol. The van der Waals surface area contributed by atoms with Gasteiger partial charge in [0.05, 0.1) is 17.2 Å². The fourth-order valence-corrected chi connectivity index (χ4v) is 2.26. The first-order chi connectivity index (χ1) is 7.04. The van der Waals surface area contributed by atoms with Crippen molar-refractivity contribution < 1.29 is 9.53 Å². The summed E-state index contributed by atoms with van der Waals surface area (Å²) in [6.07, 6.45) is 0. The van der Waals surface area contributed by atoms with Gasteiger partial charge in [-0.3, -0.25) is 4.79 Å². The number of nitrogens with one attached hydrogen (secondary N) is 1. The molecule has 1 aromatic heterocycles. The number of methoxy groups -OCH3 is 1. The molecule has 0 aliphatic heterocycles. The zero-order valence-electron chi connectivity index (χ0n) is 9.46. The average Bonchev–Trinajstić information content (AvgIpc) is 2.47. The van der Waals surface area contributed by atoms with Crippen molar-refractivity contribution in [2.75, 3.05) is 19.0 Å². The van der Waals surface area contributed by atoms with Crippen LogP contribution in [-0.4, -0.2) is 30.5 Å². The highest BCUT2D eigenvalue weighted by Crippen LogP contribution is 2.23. The van der Waals surface area contributed by atoms with Crippen LogP contribution < -0.4 is 5.32 Å². The van der Waals surface area contributed by atoms with E-state index in [1.807, 2.05) is 13.8 Å². The number of rotatable bonds is 5. The van der Waals surface area contributed by atoms with Gasteiger partial charge in [0.2, 0.25) is 0 Å². The third-order valence-electron chi connectivity index (χ3n) is 1.90. The Morgan fingerprint density at radius 1 is 1.67 bits per heavy atom. The quantitative estimate of drug-likeness (QED) is 0.784. The van der Waals surface area contributed by atoms with Crippen molar-refractivity contribution in [3.05, 3.63) is 10.6 Å². The van der Waals surface area contributed by atoms with Crippen LogP contribution in [0.3, 0.4) is 0 Å². The van der Waals surface area contributed by atoms with Gasteiger partial charge in [-0.05, 0) is 13.8 Å². The Kier molecular flexibility index (Phi) is 4.23. The highest BCUT2D eigenvalue weighted by molar-refractivity contribution is 7.17. The number of carbonyl (C=O) groups excluding carboxylic acids is 1. The summed E-state index contributed by atoms with van der Waals surface area (Å²) in [5, 5.41) is 3.97. The van der Waals surface area contributed by atoms with E-state index in [0.29, 0.717) is 6.61 Å². The summed E-state index contributed by atoms with van der Waals surface area (Å²) in [7, 11) is 1.66. The molecule has 0 saturated heterocycles. The average molecular weight is 228 g/mol. The van der Waals surface area contributed by atoms with Gasteiger partial charge in [-0.2, -0.15) is 0 Å². The van der Waals surface area contributed by atoms with Crippen molar-refractivity contribution in [3.63, 3.8) is 0 Å². The van der Waals surface area contributed by atoms with Crippen LogP contribution in [0.1, 0.15) is 29.2 Å². The summed E-state index contributed by atoms with van der Waals surface area (Å²) in [6.45, 7) is 6.03. The molecule has 1 heterocycles. The molecule has 0 bridgehead atoms. The van der Waals surface area contributed by atoms with E-state index in [4.69, 9.17) is 4.74 Å². The molecule has 0 amide bonds. The smallest absolute Gasteiger partial charge is 0.183 e. The largest absolute Gasteiger partial charge is 0.383 e. The summed E-state index contributed by atoms with van der Waals surface area (Å²) in [5.74, 6) is 0.0671. The normalized spacial score (nSPS) is 12.5. The highest BCUT2D eigenvalue weighted by atomic mass is 32.1. The number of hydrogen-bond donors (Lipinski definition) is 1. The van der Waals surface area contributed by atoms with E-state index in [-0.39, 0.29) is 11.8 Å². The van der Waals surface area contributed by atoms with Gasteiger partial charge in [0.1, 0.15) is 0 Å². The molecule has 0 fully saturated rings. The van der Waals surface area contributed by atoms with Crippen molar-refractivity contribution in [2.24, 2.45) is 0 Å². The maximum Gasteiger partial charge on any atom is 0.183 e. The standard InChI is InChI=1S/C10H16N2O2S/c1-6(5-14-4)11-10-12-7(2)9(15-10)8(3)13/h6H,5H2,1-4H3,(H,11,12)/t6-/m1/s1. The van der Waals surface area contributed by atoms with Gasteiger partial charge in [0.25, 0.3) is 0 Å². The number of thiazole rings is 1. The summed E-state index contributed by atoms with van der Waals surface area (Å²) in [5.41, 5.74) is 0.791. The molecule has 5 heteroatoms. The zero-order valence-corrected chi connectivity index (χ0v) is 10.3. The second kappa shape index (κ2) is 5.23. The van der Waals surface area contributed by atoms with E-state index in [1.54, 1.807) is 14.0 Å². The van der Waals surface area contributed by atoms with Crippen molar-refractivity contribution in [1.82, 2.24) is 4.98 Å². The Labute approximate surface area is 93.7 Å². The molecule has 0 radical (unpaired) electrons. The second-order valence-electron chi connectivity index (χ2n) is 3.49. The van der Waals surface area contributed by atoms with Gasteiger partial charge < -0.3 is 10.1 Å². The Bertz CT molecular complexity index is 349. The van der Waals surface area contributed by atoms with E-state index in [0.717, 1.165) is 15.7 Å². The minimum absolute atomic E-state index is 0.0671. The van der Waals surface area contributed by atoms with Gasteiger partial charge >= 0.3 is 0 Å². The molecule has 0 unspecified atom stereocenters. The third kappa shape index (κ3) is 3.28. The summed E-state index contributed by atoms with van der Waals surface area (Å²) < 4.78 is 5.01. The number of aryl methyl sites for hydroxylation is 1. The summed E-state index contributed by atoms with van der Waals surface area (Å²) in [6, 6.07) is 0.195. The van der Waals surface area contributed by atoms with Gasteiger partial charge in [-0.25, -0.2) is 4.98 Å². The number of nitrogens with zero attached hydrogens (tertiary/aromatic N) is 1. The van der Waals surface area contributed by atoms with Crippen LogP contribution in [-0.2, 0) is 4.74 Å². The number of anilines is 1. The first-order valence-electron chi connectivity index (χ1n) is 4.78. The monoisotopic (exact) mass is 228 g/mol. The Balaban J connectivity index is 2.71. The number of ether oxygens (including phenoxy) is 1. The molecule has 1 aromatic rings. The van der Waals surface area contributed by atoms with Crippen molar-refractivity contribution in [2.45, 2.75) is 26.8 Å². The fraction of sp³-hybridized carbons (Fsp3) is 0.600. The molecular formula is C10H16N2O2S. The van der Waals surface area contributed by atoms with E-state index >= 15 is 0 Å². The van der Waals surface area contributed by atoms with Crippen LogP contribution >= 0.6 is 11.3 Å². The molecule has 84 valence electrons. The zero-order chi connectivity index (χ0) is 11.4. The van der Waals surface area contributed by atoms with E-state index in [1.165, 1.54) is 11.3 Å². The van der Waals surface area contributed by atoms with Crippen LogP contribution in [0, 0.1) is 6.92 Å². The molecule has 1 N–H and O–H groups in total. The van der Waals surface area contributed by atoms with Gasteiger partial charge in [-0.1, -0.05) is 11.3 Å². The van der Waals surface area contributed by atoms with Crippen LogP contribution in [0.25, 0.3) is 0 Å². The van der Waals surface area contributed by atoms with Crippen LogP contribution in [0.5, 0.6) is 0 Å². The minimum atomic E-state index is 0.0671. The Hall–Kier alpha value is -0.940. The number of Topliss-reactive ketones (excluding diaryl/α,β-unsaturated/α-hetero) is 1. The lowest BCUT2D eigenvalue weighted by Crippen LogP contribution is -2.20. The fourth-order valence-electron chi connectivity index (χ4n) is 1.29. The lowest BCUT2D eigenvalue weighted by Gasteiger charge is -2.10. The first kappa shape index (κ1) is 12.1. The maximum absolute atomic E-state index is 11.2. The molecule has 0 aromatic carbocycles. The molecule has 0 aliphatic carbocycles. The van der Waals surface area contributed by atoms with Crippen molar-refractivity contribution >= 4 is 22.3 Å². The number of hydrogen-bond acceptors (Lipinski definition) is 5. The Morgan fingerprint density at radius 2 is 2.33 bits per heavy atom. The van der Waals surface area contributed by atoms with Crippen LogP contribution in [0.4, 0.5) is 5.13 Å². The predicted octanol–water partition coefficient (Wildman–Crippen LogP) is 2.10. The molecule has 1 rings (SSSR count). The molecule has 15 heavy (non-hydrogen) atoms. The lowest BCUT2D eigenvalue weighted by molar-refractivity contribution is 0.102. The molecule has 0 spiro atoms. The summed E-state index contributed by atoms with van der Waals surface area (Å²) >= 11 is 1.39. The van der Waals surface area contributed by atoms with Crippen molar-refractivity contribution in [3.8, 4) is 0 Å². The highest BCUT2D eigenvalue weighted by Gasteiger charge is 2.12. The third-order valence-corrected chi connectivity index (χ3v) is 3.09. The molecule has 0 saturated carbocycles. The number of aromatic nitrogens is 1. The van der Waals surface area contributed by atoms with Crippen LogP contribution in [0.2, 0.25) is 0 Å². The van der Waals surface area contributed by atoms with E-state index < -0.39 is 0 Å². The summed E-state index contributed by atoms with van der Waals surface area (Å²) in [4.78, 5) is 16.2. The SMILES string of the molecule is COC[C@@H](C)Nc1nc(C)c(C(C)=O)s1. The van der Waals surface area contributed by atoms with Crippen LogP contribution in [0.15, 0.2) is 0 Å². The second-order valence-corrected chi connectivity index (χ2v) is 4.49. The van der Waals surface area contributed by atoms with Gasteiger partial charge in [0.15, 0.2) is 10.9 Å².